The molecule has 2 aliphatic heterocycles. The monoisotopic (exact) mass is 361 g/mol. The zero-order valence-corrected chi connectivity index (χ0v) is 15.7. The molecule has 0 aromatic carbocycles. The molecule has 3 heterocycles. The van der Waals surface area contributed by atoms with Gasteiger partial charge in [-0.2, -0.15) is 0 Å². The van der Waals surface area contributed by atoms with Gasteiger partial charge in [-0.3, -0.25) is 9.69 Å². The van der Waals surface area contributed by atoms with Crippen molar-refractivity contribution in [1.29, 1.82) is 0 Å². The lowest BCUT2D eigenvalue weighted by Gasteiger charge is -2.37. The Labute approximate surface area is 154 Å². The molecule has 1 atom stereocenters. The van der Waals surface area contributed by atoms with Crippen molar-refractivity contribution in [3.63, 3.8) is 0 Å². The number of hydrogen-bond donors (Lipinski definition) is 0. The van der Waals surface area contributed by atoms with Crippen LogP contribution in [0.25, 0.3) is 0 Å². The van der Waals surface area contributed by atoms with Crippen LogP contribution < -0.4 is 4.90 Å². The molecule has 0 spiro atoms. The second kappa shape index (κ2) is 7.47. The lowest BCUT2D eigenvalue weighted by Crippen LogP contribution is -2.55. The number of likely N-dealkylation sites (tertiary alicyclic amines) is 1. The molecular weight excluding hydrogens is 334 g/mol. The van der Waals surface area contributed by atoms with E-state index in [2.05, 4.69) is 14.9 Å². The van der Waals surface area contributed by atoms with Crippen LogP contribution in [-0.4, -0.2) is 76.1 Å². The first-order chi connectivity index (χ1) is 12.3. The number of amides is 2. The van der Waals surface area contributed by atoms with Crippen LogP contribution in [0.15, 0.2) is 18.5 Å². The molecule has 0 bridgehead atoms. The van der Waals surface area contributed by atoms with E-state index in [-0.39, 0.29) is 5.91 Å². The van der Waals surface area contributed by atoms with Crippen LogP contribution in [0.1, 0.15) is 33.6 Å². The number of rotatable bonds is 2. The van der Waals surface area contributed by atoms with Crippen LogP contribution in [0.4, 0.5) is 10.7 Å². The number of hydrogen-bond acceptors (Lipinski definition) is 6. The standard InChI is InChI=1S/C18H27N5O3/c1-18(2,3)26-17(25)23-9-4-6-14(23)15(24)21-10-12-22(13-11-21)16-19-7-5-8-20-16/h5,7-8,14H,4,6,9-13H2,1-3H3/t14-/m0/s1. The zero-order chi connectivity index (χ0) is 18.7. The summed E-state index contributed by atoms with van der Waals surface area (Å²) in [5, 5.41) is 0. The molecule has 142 valence electrons. The second-order valence-electron chi connectivity index (χ2n) is 7.69. The van der Waals surface area contributed by atoms with Crippen LogP contribution in [0, 0.1) is 0 Å². The number of aromatic nitrogens is 2. The predicted octanol–water partition coefficient (Wildman–Crippen LogP) is 1.52. The molecule has 0 aliphatic carbocycles. The summed E-state index contributed by atoms with van der Waals surface area (Å²) in [7, 11) is 0. The summed E-state index contributed by atoms with van der Waals surface area (Å²) in [6, 6.07) is 1.37. The molecule has 1 aromatic heterocycles. The highest BCUT2D eigenvalue weighted by Crippen LogP contribution is 2.23. The zero-order valence-electron chi connectivity index (χ0n) is 15.7. The summed E-state index contributed by atoms with van der Waals surface area (Å²) in [6.45, 7) is 8.67. The van der Waals surface area contributed by atoms with Crippen LogP contribution in [0.3, 0.4) is 0 Å². The highest BCUT2D eigenvalue weighted by Gasteiger charge is 2.39. The van der Waals surface area contributed by atoms with Gasteiger partial charge in [0.2, 0.25) is 11.9 Å². The third kappa shape index (κ3) is 4.23. The highest BCUT2D eigenvalue weighted by molar-refractivity contribution is 5.86. The van der Waals surface area contributed by atoms with Crippen molar-refractivity contribution in [2.24, 2.45) is 0 Å². The molecule has 8 heteroatoms. The Bertz CT molecular complexity index is 638. The molecule has 26 heavy (non-hydrogen) atoms. The first-order valence-electron chi connectivity index (χ1n) is 9.15. The first kappa shape index (κ1) is 18.4. The Balaban J connectivity index is 1.58. The third-order valence-corrected chi connectivity index (χ3v) is 4.59. The predicted molar refractivity (Wildman–Crippen MR) is 96.8 cm³/mol. The van der Waals surface area contributed by atoms with Gasteiger partial charge in [-0.05, 0) is 39.7 Å². The van der Waals surface area contributed by atoms with Crippen molar-refractivity contribution in [2.75, 3.05) is 37.6 Å². The van der Waals surface area contributed by atoms with E-state index in [0.29, 0.717) is 45.1 Å². The lowest BCUT2D eigenvalue weighted by atomic mass is 10.1. The maximum Gasteiger partial charge on any atom is 0.410 e. The van der Waals surface area contributed by atoms with E-state index in [1.54, 1.807) is 23.4 Å². The van der Waals surface area contributed by atoms with Crippen molar-refractivity contribution in [3.05, 3.63) is 18.5 Å². The van der Waals surface area contributed by atoms with Crippen molar-refractivity contribution in [2.45, 2.75) is 45.3 Å². The molecular formula is C18H27N5O3. The van der Waals surface area contributed by atoms with E-state index in [9.17, 15) is 9.59 Å². The van der Waals surface area contributed by atoms with Gasteiger partial charge < -0.3 is 14.5 Å². The summed E-state index contributed by atoms with van der Waals surface area (Å²) in [6.07, 6.45) is 4.56. The summed E-state index contributed by atoms with van der Waals surface area (Å²) in [4.78, 5) is 39.4. The average Bonchev–Trinajstić information content (AvgIpc) is 3.10. The lowest BCUT2D eigenvalue weighted by molar-refractivity contribution is -0.136. The fraction of sp³-hybridized carbons (Fsp3) is 0.667. The van der Waals surface area contributed by atoms with Gasteiger partial charge in [0.05, 0.1) is 0 Å². The second-order valence-corrected chi connectivity index (χ2v) is 7.69. The minimum Gasteiger partial charge on any atom is -0.444 e. The molecule has 2 fully saturated rings. The highest BCUT2D eigenvalue weighted by atomic mass is 16.6. The molecule has 2 amide bonds. The van der Waals surface area contributed by atoms with Crippen molar-refractivity contribution < 1.29 is 14.3 Å². The van der Waals surface area contributed by atoms with Gasteiger partial charge in [0.25, 0.3) is 0 Å². The topological polar surface area (TPSA) is 78.9 Å². The van der Waals surface area contributed by atoms with Gasteiger partial charge in [0, 0.05) is 45.1 Å². The Morgan fingerprint density at radius 2 is 1.73 bits per heavy atom. The molecule has 3 rings (SSSR count). The van der Waals surface area contributed by atoms with Crippen molar-refractivity contribution >= 4 is 17.9 Å². The van der Waals surface area contributed by atoms with Crippen LogP contribution in [-0.2, 0) is 9.53 Å². The molecule has 2 saturated heterocycles. The third-order valence-electron chi connectivity index (χ3n) is 4.59. The van der Waals surface area contributed by atoms with Gasteiger partial charge >= 0.3 is 6.09 Å². The molecule has 2 aliphatic rings. The molecule has 8 nitrogen and oxygen atoms in total. The smallest absolute Gasteiger partial charge is 0.410 e. The normalized spacial score (nSPS) is 21.0. The van der Waals surface area contributed by atoms with Gasteiger partial charge in [-0.25, -0.2) is 14.8 Å². The summed E-state index contributed by atoms with van der Waals surface area (Å²) < 4.78 is 5.46. The van der Waals surface area contributed by atoms with Gasteiger partial charge in [0.1, 0.15) is 11.6 Å². The SMILES string of the molecule is CC(C)(C)OC(=O)N1CCC[C@H]1C(=O)N1CCN(c2ncccn2)CC1. The van der Waals surface area contributed by atoms with E-state index in [1.165, 1.54) is 0 Å². The minimum absolute atomic E-state index is 0.0157. The molecule has 0 radical (unpaired) electrons. The van der Waals surface area contributed by atoms with Crippen LogP contribution in [0.2, 0.25) is 0 Å². The maximum absolute atomic E-state index is 13.0. The fourth-order valence-corrected chi connectivity index (χ4v) is 3.35. The van der Waals surface area contributed by atoms with Gasteiger partial charge in [-0.1, -0.05) is 0 Å². The fourth-order valence-electron chi connectivity index (χ4n) is 3.35. The number of ether oxygens (including phenoxy) is 1. The summed E-state index contributed by atoms with van der Waals surface area (Å²) in [5.74, 6) is 0.706. The number of carbonyl (C=O) groups is 2. The van der Waals surface area contributed by atoms with E-state index in [4.69, 9.17) is 4.74 Å². The Hall–Kier alpha value is -2.38. The van der Waals surface area contributed by atoms with Crippen LogP contribution in [0.5, 0.6) is 0 Å². The summed E-state index contributed by atoms with van der Waals surface area (Å²) >= 11 is 0. The minimum atomic E-state index is -0.561. The summed E-state index contributed by atoms with van der Waals surface area (Å²) in [5.41, 5.74) is -0.561. The Morgan fingerprint density at radius 1 is 1.08 bits per heavy atom. The Morgan fingerprint density at radius 3 is 2.35 bits per heavy atom. The van der Waals surface area contributed by atoms with Crippen LogP contribution >= 0.6 is 0 Å². The largest absolute Gasteiger partial charge is 0.444 e. The number of nitrogens with zero attached hydrogens (tertiary/aromatic N) is 5. The van der Waals surface area contributed by atoms with Crippen molar-refractivity contribution in [3.8, 4) is 0 Å². The number of piperazine rings is 1. The average molecular weight is 361 g/mol. The molecule has 1 aromatic rings. The molecule has 0 saturated carbocycles. The van der Waals surface area contributed by atoms with E-state index in [0.717, 1.165) is 6.42 Å². The number of anilines is 1. The van der Waals surface area contributed by atoms with Gasteiger partial charge in [0.15, 0.2) is 0 Å². The van der Waals surface area contributed by atoms with E-state index >= 15 is 0 Å². The van der Waals surface area contributed by atoms with E-state index < -0.39 is 17.7 Å². The maximum atomic E-state index is 13.0. The van der Waals surface area contributed by atoms with Crippen molar-refractivity contribution in [1.82, 2.24) is 19.8 Å². The van der Waals surface area contributed by atoms with E-state index in [1.807, 2.05) is 25.7 Å². The first-order valence-corrected chi connectivity index (χ1v) is 9.15. The Kier molecular flexibility index (Phi) is 5.29. The molecule has 0 N–H and O–H groups in total. The molecule has 0 unspecified atom stereocenters. The quantitative estimate of drug-likeness (QED) is 0.795. The van der Waals surface area contributed by atoms with Gasteiger partial charge in [-0.15, -0.1) is 0 Å². The number of carbonyl (C=O) groups excluding carboxylic acids is 2.